The summed E-state index contributed by atoms with van der Waals surface area (Å²) in [6, 6.07) is 16.8. The molecule has 178 valence electrons. The standard InChI is InChI=1S/C24H20ClN5O5/c1-29-23(32)28-22(30(24(29)33)14-15-3-5-16(25)6-4-15)27-17-7-9-18(10-8-17)35-19-11-12-20(26-13-19)21(31)34-2/h3-13H,14H2,1-2H3,(H,27,28,32). The summed E-state index contributed by atoms with van der Waals surface area (Å²) in [6.45, 7) is 0.190. The number of aromatic nitrogens is 4. The molecule has 0 saturated carbocycles. The Hall–Kier alpha value is -4.44. The predicted molar refractivity (Wildman–Crippen MR) is 128 cm³/mol. The third kappa shape index (κ3) is 5.56. The van der Waals surface area contributed by atoms with Crippen molar-refractivity contribution in [1.29, 1.82) is 0 Å². The number of methoxy groups -OCH3 is 1. The molecule has 0 amide bonds. The van der Waals surface area contributed by atoms with Gasteiger partial charge in [-0.25, -0.2) is 28.9 Å². The van der Waals surface area contributed by atoms with Crippen molar-refractivity contribution < 1.29 is 14.3 Å². The predicted octanol–water partition coefficient (Wildman–Crippen LogP) is 2.78. The topological polar surface area (TPSA) is 121 Å². The minimum absolute atomic E-state index is 0.101. The maximum atomic E-state index is 12.8. The summed E-state index contributed by atoms with van der Waals surface area (Å²) in [4.78, 5) is 47.6. The number of pyridine rings is 1. The Morgan fingerprint density at radius 3 is 2.34 bits per heavy atom. The van der Waals surface area contributed by atoms with Gasteiger partial charge in [0.1, 0.15) is 17.2 Å². The first-order chi connectivity index (χ1) is 16.8. The van der Waals surface area contributed by atoms with Gasteiger partial charge in [-0.2, -0.15) is 0 Å². The van der Waals surface area contributed by atoms with Crippen LogP contribution in [0.4, 0.5) is 5.69 Å². The van der Waals surface area contributed by atoms with Crippen LogP contribution in [0.5, 0.6) is 11.5 Å². The third-order valence-corrected chi connectivity index (χ3v) is 5.24. The van der Waals surface area contributed by atoms with Crippen molar-refractivity contribution in [3.05, 3.63) is 110 Å². The largest absolute Gasteiger partial charge is 0.464 e. The van der Waals surface area contributed by atoms with Gasteiger partial charge >= 0.3 is 17.3 Å². The highest BCUT2D eigenvalue weighted by atomic mass is 35.5. The van der Waals surface area contributed by atoms with Crippen molar-refractivity contribution in [3.63, 3.8) is 0 Å². The molecule has 2 aromatic heterocycles. The van der Waals surface area contributed by atoms with Crippen molar-refractivity contribution in [2.75, 3.05) is 7.11 Å². The van der Waals surface area contributed by atoms with Gasteiger partial charge in [0, 0.05) is 12.1 Å². The van der Waals surface area contributed by atoms with Crippen LogP contribution in [-0.4, -0.2) is 32.2 Å². The summed E-state index contributed by atoms with van der Waals surface area (Å²) in [5.41, 5.74) is 0.489. The third-order valence-electron chi connectivity index (χ3n) is 4.99. The minimum atomic E-state index is -0.580. The smallest absolute Gasteiger partial charge is 0.356 e. The van der Waals surface area contributed by atoms with E-state index in [4.69, 9.17) is 16.3 Å². The van der Waals surface area contributed by atoms with E-state index in [2.05, 4.69) is 19.7 Å². The van der Waals surface area contributed by atoms with Gasteiger partial charge in [0.2, 0.25) is 5.62 Å². The molecule has 0 saturated heterocycles. The van der Waals surface area contributed by atoms with Crippen LogP contribution >= 0.6 is 11.6 Å². The molecule has 0 spiro atoms. The molecule has 2 heterocycles. The molecule has 0 bridgehead atoms. The Labute approximate surface area is 203 Å². The van der Waals surface area contributed by atoms with E-state index in [9.17, 15) is 14.4 Å². The lowest BCUT2D eigenvalue weighted by atomic mass is 10.2. The molecule has 2 aromatic carbocycles. The molecule has 4 aromatic rings. The van der Waals surface area contributed by atoms with Gasteiger partial charge in [-0.3, -0.25) is 9.55 Å². The molecular formula is C24H20ClN5O5. The number of H-pyrrole nitrogens is 1. The molecule has 0 radical (unpaired) electrons. The van der Waals surface area contributed by atoms with E-state index < -0.39 is 17.3 Å². The maximum absolute atomic E-state index is 12.8. The number of hydrogen-bond donors (Lipinski definition) is 1. The molecule has 10 nitrogen and oxygen atoms in total. The van der Waals surface area contributed by atoms with E-state index >= 15 is 0 Å². The van der Waals surface area contributed by atoms with Crippen LogP contribution < -0.4 is 21.7 Å². The van der Waals surface area contributed by atoms with E-state index in [1.54, 1.807) is 54.6 Å². The number of halogens is 1. The first-order valence-electron chi connectivity index (χ1n) is 10.4. The molecule has 0 atom stereocenters. The van der Waals surface area contributed by atoms with Gasteiger partial charge in [-0.05, 0) is 54.1 Å². The Balaban J connectivity index is 1.62. The molecule has 11 heteroatoms. The second kappa shape index (κ2) is 10.2. The number of ether oxygens (including phenoxy) is 2. The van der Waals surface area contributed by atoms with E-state index in [0.29, 0.717) is 22.2 Å². The first-order valence-corrected chi connectivity index (χ1v) is 10.7. The monoisotopic (exact) mass is 493 g/mol. The molecule has 0 aliphatic carbocycles. The fraction of sp³-hybridized carbons (Fsp3) is 0.125. The Kier molecular flexibility index (Phi) is 6.93. The number of benzene rings is 2. The summed E-state index contributed by atoms with van der Waals surface area (Å²) in [7, 11) is 2.67. The second-order valence-electron chi connectivity index (χ2n) is 7.39. The number of aromatic amines is 1. The van der Waals surface area contributed by atoms with Gasteiger partial charge in [0.15, 0.2) is 0 Å². The lowest BCUT2D eigenvalue weighted by Crippen LogP contribution is -2.48. The van der Waals surface area contributed by atoms with Gasteiger partial charge in [-0.1, -0.05) is 23.7 Å². The molecule has 0 aliphatic heterocycles. The number of carbonyl (C=O) groups is 1. The van der Waals surface area contributed by atoms with Crippen molar-refractivity contribution in [3.8, 4) is 11.5 Å². The summed E-state index contributed by atoms with van der Waals surface area (Å²) in [6.07, 6.45) is 1.41. The highest BCUT2D eigenvalue weighted by Crippen LogP contribution is 2.23. The zero-order chi connectivity index (χ0) is 24.9. The van der Waals surface area contributed by atoms with Gasteiger partial charge < -0.3 is 9.47 Å². The SMILES string of the molecule is COC(=O)c1ccc(Oc2ccc(/N=c3\[nH]c(=O)n(C)c(=O)n3Cc3ccc(Cl)cc3)cc2)cn1. The molecule has 0 aliphatic rings. The zero-order valence-electron chi connectivity index (χ0n) is 18.8. The Morgan fingerprint density at radius 2 is 1.71 bits per heavy atom. The van der Waals surface area contributed by atoms with Gasteiger partial charge in [0.05, 0.1) is 25.5 Å². The number of hydrogen-bond acceptors (Lipinski definition) is 7. The van der Waals surface area contributed by atoms with Crippen molar-refractivity contribution in [2.24, 2.45) is 12.0 Å². The average molecular weight is 494 g/mol. The fourth-order valence-electron chi connectivity index (χ4n) is 3.12. The van der Waals surface area contributed by atoms with Crippen LogP contribution in [0.1, 0.15) is 16.1 Å². The van der Waals surface area contributed by atoms with Crippen LogP contribution in [0.25, 0.3) is 0 Å². The first kappa shape index (κ1) is 23.7. The summed E-state index contributed by atoms with van der Waals surface area (Å²) < 4.78 is 12.7. The van der Waals surface area contributed by atoms with Crippen LogP contribution in [0.3, 0.4) is 0 Å². The lowest BCUT2D eigenvalue weighted by molar-refractivity contribution is 0.0594. The molecule has 4 rings (SSSR count). The summed E-state index contributed by atoms with van der Waals surface area (Å²) in [5, 5.41) is 0.579. The number of nitrogens with one attached hydrogen (secondary N) is 1. The Morgan fingerprint density at radius 1 is 1.03 bits per heavy atom. The maximum Gasteiger partial charge on any atom is 0.356 e. The van der Waals surface area contributed by atoms with Crippen molar-refractivity contribution >= 4 is 23.3 Å². The molecule has 1 N–H and O–H groups in total. The average Bonchev–Trinajstić information content (AvgIpc) is 2.87. The normalized spacial score (nSPS) is 11.3. The molecule has 0 unspecified atom stereocenters. The van der Waals surface area contributed by atoms with Gasteiger partial charge in [-0.15, -0.1) is 0 Å². The molecule has 35 heavy (non-hydrogen) atoms. The fourth-order valence-corrected chi connectivity index (χ4v) is 3.25. The van der Waals surface area contributed by atoms with Crippen molar-refractivity contribution in [1.82, 2.24) is 19.1 Å². The quantitative estimate of drug-likeness (QED) is 0.412. The highest BCUT2D eigenvalue weighted by molar-refractivity contribution is 6.30. The molecule has 0 fully saturated rings. The van der Waals surface area contributed by atoms with E-state index in [1.807, 2.05) is 0 Å². The number of esters is 1. The second-order valence-corrected chi connectivity index (χ2v) is 7.82. The van der Waals surface area contributed by atoms with E-state index in [0.717, 1.165) is 10.1 Å². The number of carbonyl (C=O) groups excluding carboxylic acids is 1. The van der Waals surface area contributed by atoms with Gasteiger partial charge in [0.25, 0.3) is 0 Å². The van der Waals surface area contributed by atoms with Crippen molar-refractivity contribution in [2.45, 2.75) is 6.54 Å². The van der Waals surface area contributed by atoms with E-state index in [1.165, 1.54) is 31.0 Å². The number of rotatable bonds is 6. The van der Waals surface area contributed by atoms with Crippen LogP contribution in [0.2, 0.25) is 5.02 Å². The summed E-state index contributed by atoms with van der Waals surface area (Å²) >= 11 is 5.95. The zero-order valence-corrected chi connectivity index (χ0v) is 19.5. The highest BCUT2D eigenvalue weighted by Gasteiger charge is 2.09. The minimum Gasteiger partial charge on any atom is -0.464 e. The van der Waals surface area contributed by atoms with Crippen LogP contribution in [0.15, 0.2) is 81.4 Å². The van der Waals surface area contributed by atoms with E-state index in [-0.39, 0.29) is 17.9 Å². The summed E-state index contributed by atoms with van der Waals surface area (Å²) in [5.74, 6) is 0.395. The lowest BCUT2D eigenvalue weighted by Gasteiger charge is -2.09. The Bertz CT molecular complexity index is 1540. The van der Waals surface area contributed by atoms with Crippen LogP contribution in [0, 0.1) is 0 Å². The number of nitrogens with zero attached hydrogens (tertiary/aromatic N) is 4. The molecular weight excluding hydrogens is 474 g/mol. The van der Waals surface area contributed by atoms with Crippen LogP contribution in [-0.2, 0) is 18.3 Å².